The Morgan fingerprint density at radius 1 is 1.30 bits per heavy atom. The first-order valence-corrected chi connectivity index (χ1v) is 6.33. The summed E-state index contributed by atoms with van der Waals surface area (Å²) in [5, 5.41) is 2.80. The van der Waals surface area contributed by atoms with Crippen molar-refractivity contribution in [2.45, 2.75) is 13.8 Å². The molecular formula is C15H16N2O3. The number of carbonyl (C=O) groups excluding carboxylic acids is 1. The molecule has 0 spiro atoms. The molecule has 5 heteroatoms. The maximum absolute atomic E-state index is 12.0. The van der Waals surface area contributed by atoms with Gasteiger partial charge in [0.25, 0.3) is 5.91 Å². The number of aromatic amines is 1. The fourth-order valence-electron chi connectivity index (χ4n) is 1.78. The van der Waals surface area contributed by atoms with Crippen LogP contribution in [0.5, 0.6) is 5.75 Å². The minimum atomic E-state index is -0.270. The van der Waals surface area contributed by atoms with Crippen LogP contribution in [0.3, 0.4) is 0 Å². The Balaban J connectivity index is 2.15. The molecule has 1 aromatic carbocycles. The average Bonchev–Trinajstić information content (AvgIpc) is 2.43. The zero-order chi connectivity index (χ0) is 14.5. The van der Waals surface area contributed by atoms with Gasteiger partial charge in [-0.25, -0.2) is 0 Å². The van der Waals surface area contributed by atoms with Crippen LogP contribution in [0.15, 0.2) is 41.3 Å². The van der Waals surface area contributed by atoms with Crippen LogP contribution in [-0.4, -0.2) is 17.5 Å². The molecule has 0 unspecified atom stereocenters. The van der Waals surface area contributed by atoms with Gasteiger partial charge in [0.05, 0.1) is 12.2 Å². The molecule has 0 atom stereocenters. The van der Waals surface area contributed by atoms with E-state index in [1.165, 1.54) is 18.3 Å². The number of H-pyrrole nitrogens is 1. The first-order valence-electron chi connectivity index (χ1n) is 6.33. The van der Waals surface area contributed by atoms with E-state index in [0.29, 0.717) is 17.9 Å². The normalized spacial score (nSPS) is 10.1. The monoisotopic (exact) mass is 272 g/mol. The van der Waals surface area contributed by atoms with E-state index in [1.54, 1.807) is 12.1 Å². The Hall–Kier alpha value is -2.56. The minimum Gasteiger partial charge on any atom is -0.494 e. The van der Waals surface area contributed by atoms with Gasteiger partial charge in [-0.05, 0) is 43.7 Å². The highest BCUT2D eigenvalue weighted by Crippen LogP contribution is 2.21. The first-order chi connectivity index (χ1) is 9.60. The van der Waals surface area contributed by atoms with E-state index < -0.39 is 0 Å². The number of nitrogens with one attached hydrogen (secondary N) is 2. The van der Waals surface area contributed by atoms with Crippen molar-refractivity contribution in [2.75, 3.05) is 11.9 Å². The zero-order valence-electron chi connectivity index (χ0n) is 11.4. The summed E-state index contributed by atoms with van der Waals surface area (Å²) in [5.41, 5.74) is 1.79. The van der Waals surface area contributed by atoms with E-state index in [9.17, 15) is 9.59 Å². The lowest BCUT2D eigenvalue weighted by Crippen LogP contribution is -2.15. The molecule has 1 aromatic heterocycles. The van der Waals surface area contributed by atoms with Gasteiger partial charge < -0.3 is 15.0 Å². The largest absolute Gasteiger partial charge is 0.494 e. The maximum Gasteiger partial charge on any atom is 0.257 e. The number of aromatic nitrogens is 1. The Labute approximate surface area is 116 Å². The van der Waals surface area contributed by atoms with Crippen molar-refractivity contribution >= 4 is 11.6 Å². The summed E-state index contributed by atoms with van der Waals surface area (Å²) < 4.78 is 5.39. The smallest absolute Gasteiger partial charge is 0.257 e. The van der Waals surface area contributed by atoms with Crippen LogP contribution in [0, 0.1) is 6.92 Å². The van der Waals surface area contributed by atoms with Crippen molar-refractivity contribution in [2.24, 2.45) is 0 Å². The maximum atomic E-state index is 12.0. The first kappa shape index (κ1) is 13.9. The Morgan fingerprint density at radius 2 is 2.10 bits per heavy atom. The summed E-state index contributed by atoms with van der Waals surface area (Å²) in [6.45, 7) is 4.41. The van der Waals surface area contributed by atoms with Gasteiger partial charge in [0.15, 0.2) is 0 Å². The van der Waals surface area contributed by atoms with E-state index in [4.69, 9.17) is 4.74 Å². The lowest BCUT2D eigenvalue weighted by atomic mass is 10.1. The molecule has 2 rings (SSSR count). The average molecular weight is 272 g/mol. The van der Waals surface area contributed by atoms with Gasteiger partial charge in [-0.15, -0.1) is 0 Å². The topological polar surface area (TPSA) is 71.2 Å². The Bertz CT molecular complexity index is 657. The van der Waals surface area contributed by atoms with Crippen LogP contribution < -0.4 is 15.6 Å². The minimum absolute atomic E-state index is 0.237. The SMILES string of the molecule is CCOc1ccc(NC(=O)c2ccc(=O)[nH]c2)c(C)c1. The van der Waals surface area contributed by atoms with E-state index in [1.807, 2.05) is 19.9 Å². The van der Waals surface area contributed by atoms with Crippen LogP contribution in [0.1, 0.15) is 22.8 Å². The van der Waals surface area contributed by atoms with Gasteiger partial charge in [0.2, 0.25) is 5.56 Å². The highest BCUT2D eigenvalue weighted by atomic mass is 16.5. The molecule has 0 fully saturated rings. The molecule has 5 nitrogen and oxygen atoms in total. The van der Waals surface area contributed by atoms with E-state index in [2.05, 4.69) is 10.3 Å². The van der Waals surface area contributed by atoms with Crippen molar-refractivity contribution in [1.82, 2.24) is 4.98 Å². The molecule has 1 heterocycles. The fraction of sp³-hybridized carbons (Fsp3) is 0.200. The van der Waals surface area contributed by atoms with Crippen LogP contribution >= 0.6 is 0 Å². The second kappa shape index (κ2) is 6.06. The highest BCUT2D eigenvalue weighted by molar-refractivity contribution is 6.04. The molecular weight excluding hydrogens is 256 g/mol. The number of hydrogen-bond donors (Lipinski definition) is 2. The molecule has 104 valence electrons. The predicted octanol–water partition coefficient (Wildman–Crippen LogP) is 2.33. The van der Waals surface area contributed by atoms with E-state index in [-0.39, 0.29) is 11.5 Å². The Kier molecular flexibility index (Phi) is 4.20. The second-order valence-corrected chi connectivity index (χ2v) is 4.31. The van der Waals surface area contributed by atoms with Gasteiger partial charge in [-0.1, -0.05) is 0 Å². The van der Waals surface area contributed by atoms with Gasteiger partial charge in [0.1, 0.15) is 5.75 Å². The summed E-state index contributed by atoms with van der Waals surface area (Å²) in [4.78, 5) is 25.4. The summed E-state index contributed by atoms with van der Waals surface area (Å²) in [5.74, 6) is 0.501. The van der Waals surface area contributed by atoms with E-state index >= 15 is 0 Å². The molecule has 0 aliphatic carbocycles. The molecule has 0 aliphatic rings. The summed E-state index contributed by atoms with van der Waals surface area (Å²) in [6, 6.07) is 8.27. The van der Waals surface area contributed by atoms with Crippen LogP contribution in [0.4, 0.5) is 5.69 Å². The number of pyridine rings is 1. The van der Waals surface area contributed by atoms with Crippen LogP contribution in [0.2, 0.25) is 0 Å². The van der Waals surface area contributed by atoms with Gasteiger partial charge in [-0.3, -0.25) is 9.59 Å². The number of anilines is 1. The second-order valence-electron chi connectivity index (χ2n) is 4.31. The third kappa shape index (κ3) is 3.26. The van der Waals surface area contributed by atoms with Crippen molar-refractivity contribution in [3.63, 3.8) is 0 Å². The molecule has 0 saturated heterocycles. The molecule has 0 aliphatic heterocycles. The number of hydrogen-bond acceptors (Lipinski definition) is 3. The lowest BCUT2D eigenvalue weighted by Gasteiger charge is -2.10. The quantitative estimate of drug-likeness (QED) is 0.897. The number of ether oxygens (including phenoxy) is 1. The zero-order valence-corrected chi connectivity index (χ0v) is 11.4. The number of aryl methyl sites for hydroxylation is 1. The number of rotatable bonds is 4. The van der Waals surface area contributed by atoms with Crippen molar-refractivity contribution in [3.8, 4) is 5.75 Å². The van der Waals surface area contributed by atoms with Crippen molar-refractivity contribution in [3.05, 3.63) is 58.0 Å². The van der Waals surface area contributed by atoms with Gasteiger partial charge in [-0.2, -0.15) is 0 Å². The molecule has 1 amide bonds. The van der Waals surface area contributed by atoms with Crippen LogP contribution in [0.25, 0.3) is 0 Å². The van der Waals surface area contributed by atoms with Crippen molar-refractivity contribution < 1.29 is 9.53 Å². The Morgan fingerprint density at radius 3 is 2.70 bits per heavy atom. The molecule has 0 radical (unpaired) electrons. The van der Waals surface area contributed by atoms with Crippen molar-refractivity contribution in [1.29, 1.82) is 0 Å². The molecule has 2 aromatic rings. The molecule has 0 saturated carbocycles. The molecule has 20 heavy (non-hydrogen) atoms. The third-order valence-electron chi connectivity index (χ3n) is 2.80. The van der Waals surface area contributed by atoms with E-state index in [0.717, 1.165) is 11.3 Å². The van der Waals surface area contributed by atoms with Gasteiger partial charge in [0, 0.05) is 18.0 Å². The standard InChI is InChI=1S/C15H16N2O3/c1-3-20-12-5-6-13(10(2)8-12)17-15(19)11-4-7-14(18)16-9-11/h4-9H,3H2,1-2H3,(H,16,18)(H,17,19). The molecule has 0 bridgehead atoms. The number of benzene rings is 1. The summed E-state index contributed by atoms with van der Waals surface area (Å²) in [6.07, 6.45) is 1.39. The number of carbonyl (C=O) groups is 1. The lowest BCUT2D eigenvalue weighted by molar-refractivity contribution is 0.102. The summed E-state index contributed by atoms with van der Waals surface area (Å²) in [7, 11) is 0. The third-order valence-corrected chi connectivity index (χ3v) is 2.80. The number of amides is 1. The summed E-state index contributed by atoms with van der Waals surface area (Å²) >= 11 is 0. The van der Waals surface area contributed by atoms with Gasteiger partial charge >= 0.3 is 0 Å². The molecule has 2 N–H and O–H groups in total. The fourth-order valence-corrected chi connectivity index (χ4v) is 1.78. The highest BCUT2D eigenvalue weighted by Gasteiger charge is 2.08. The van der Waals surface area contributed by atoms with Crippen LogP contribution in [-0.2, 0) is 0 Å². The predicted molar refractivity (Wildman–Crippen MR) is 77.4 cm³/mol.